The van der Waals surface area contributed by atoms with E-state index < -0.39 is 0 Å². The van der Waals surface area contributed by atoms with E-state index in [2.05, 4.69) is 0 Å². The Hall–Kier alpha value is -5.24. The van der Waals surface area contributed by atoms with Crippen LogP contribution in [0.4, 0.5) is 0 Å². The summed E-state index contributed by atoms with van der Waals surface area (Å²) in [6, 6.07) is 29.2. The molecule has 4 amide bonds. The number of rotatable bonds is 0. The van der Waals surface area contributed by atoms with Crippen molar-refractivity contribution in [1.29, 1.82) is 0 Å². The Labute approximate surface area is 258 Å². The van der Waals surface area contributed by atoms with Crippen molar-refractivity contribution >= 4 is 23.6 Å². The van der Waals surface area contributed by atoms with Crippen molar-refractivity contribution in [3.8, 4) is 0 Å². The lowest BCUT2D eigenvalue weighted by Gasteiger charge is -2.21. The Balaban J connectivity index is 1.45. The normalized spacial score (nSPS) is 15.4. The van der Waals surface area contributed by atoms with Gasteiger partial charge in [0.25, 0.3) is 23.6 Å². The molecule has 4 aromatic carbocycles. The van der Waals surface area contributed by atoms with Gasteiger partial charge in [-0.1, -0.05) is 60.7 Å². The van der Waals surface area contributed by atoms with Crippen molar-refractivity contribution in [2.24, 2.45) is 0 Å². The lowest BCUT2D eigenvalue weighted by molar-refractivity contribution is 0.0768. The van der Waals surface area contributed by atoms with Crippen LogP contribution in [-0.2, 0) is 26.2 Å². The van der Waals surface area contributed by atoms with Crippen molar-refractivity contribution < 1.29 is 19.2 Å². The van der Waals surface area contributed by atoms with Gasteiger partial charge in [0.2, 0.25) is 0 Å². The number of amides is 4. The molecule has 0 saturated heterocycles. The van der Waals surface area contributed by atoms with E-state index in [1.165, 1.54) is 0 Å². The quantitative estimate of drug-likeness (QED) is 0.287. The fourth-order valence-corrected chi connectivity index (χ4v) is 5.33. The van der Waals surface area contributed by atoms with Crippen LogP contribution >= 0.6 is 0 Å². The molecular formula is C36H36N4O4. The van der Waals surface area contributed by atoms with Crippen LogP contribution in [0.15, 0.2) is 97.1 Å². The van der Waals surface area contributed by atoms with E-state index in [0.29, 0.717) is 48.4 Å². The van der Waals surface area contributed by atoms with Crippen LogP contribution in [0.2, 0.25) is 0 Å². The summed E-state index contributed by atoms with van der Waals surface area (Å²) in [7, 11) is 6.94. The van der Waals surface area contributed by atoms with E-state index in [4.69, 9.17) is 0 Å². The third kappa shape index (κ3) is 6.86. The summed E-state index contributed by atoms with van der Waals surface area (Å²) < 4.78 is 0. The standard InChI is InChI=1S/C36H36N4O4/c1-37-21-25-11-13-26(14-12-25)22-39(3)35(43)31-9-6-10-32(20-31)36(44)40(4)24-28-17-15-27(16-18-28)23-38(2)34(42)30-8-5-7-29(19-30)33(37)41/h5-20H,21-24H2,1-4H3. The average Bonchev–Trinajstić information content (AvgIpc) is 3.04. The Kier molecular flexibility index (Phi) is 8.90. The number of hydrogen-bond donors (Lipinski definition) is 0. The van der Waals surface area contributed by atoms with E-state index in [-0.39, 0.29) is 23.6 Å². The van der Waals surface area contributed by atoms with Gasteiger partial charge in [0, 0.05) is 76.6 Å². The number of hydrogen-bond acceptors (Lipinski definition) is 4. The molecule has 4 aliphatic heterocycles. The first-order chi connectivity index (χ1) is 21.1. The molecule has 8 nitrogen and oxygen atoms in total. The van der Waals surface area contributed by atoms with Gasteiger partial charge >= 0.3 is 0 Å². The maximum Gasteiger partial charge on any atom is 0.253 e. The molecule has 44 heavy (non-hydrogen) atoms. The third-order valence-corrected chi connectivity index (χ3v) is 7.82. The highest BCUT2D eigenvalue weighted by Gasteiger charge is 2.19. The molecule has 0 aliphatic carbocycles. The van der Waals surface area contributed by atoms with Gasteiger partial charge in [0.1, 0.15) is 0 Å². The van der Waals surface area contributed by atoms with Gasteiger partial charge in [-0.25, -0.2) is 0 Å². The fraction of sp³-hybridized carbons (Fsp3) is 0.222. The van der Waals surface area contributed by atoms with Crippen LogP contribution in [0.5, 0.6) is 0 Å². The zero-order valence-electron chi connectivity index (χ0n) is 25.5. The first-order valence-electron chi connectivity index (χ1n) is 14.5. The van der Waals surface area contributed by atoms with Crippen molar-refractivity contribution in [3.05, 3.63) is 142 Å². The Morgan fingerprint density at radius 1 is 0.364 bits per heavy atom. The van der Waals surface area contributed by atoms with Crippen LogP contribution in [0, 0.1) is 0 Å². The summed E-state index contributed by atoms with van der Waals surface area (Å²) in [5.74, 6) is -0.724. The van der Waals surface area contributed by atoms with Gasteiger partial charge in [0.15, 0.2) is 0 Å². The Bertz CT molecular complexity index is 1450. The van der Waals surface area contributed by atoms with Crippen molar-refractivity contribution in [3.63, 3.8) is 0 Å². The van der Waals surface area contributed by atoms with E-state index in [0.717, 1.165) is 22.3 Å². The molecule has 224 valence electrons. The molecule has 0 unspecified atom stereocenters. The molecule has 0 radical (unpaired) electrons. The van der Waals surface area contributed by atoms with Gasteiger partial charge in [-0.05, 0) is 58.7 Å². The van der Waals surface area contributed by atoms with Crippen LogP contribution in [0.25, 0.3) is 0 Å². The minimum atomic E-state index is -0.181. The molecule has 4 heterocycles. The second-order valence-corrected chi connectivity index (χ2v) is 11.4. The summed E-state index contributed by atoms with van der Waals surface area (Å²) >= 11 is 0. The average molecular weight is 589 g/mol. The van der Waals surface area contributed by atoms with Crippen molar-refractivity contribution in [1.82, 2.24) is 19.6 Å². The van der Waals surface area contributed by atoms with E-state index in [1.807, 2.05) is 48.5 Å². The molecule has 0 N–H and O–H groups in total. The molecule has 8 rings (SSSR count). The zero-order valence-corrected chi connectivity index (χ0v) is 25.5. The first kappa shape index (κ1) is 30.2. The summed E-state index contributed by atoms with van der Waals surface area (Å²) in [5, 5.41) is 0. The maximum atomic E-state index is 13.3. The van der Waals surface area contributed by atoms with Gasteiger partial charge in [0.05, 0.1) is 0 Å². The van der Waals surface area contributed by atoms with Gasteiger partial charge < -0.3 is 19.6 Å². The van der Waals surface area contributed by atoms with E-state index in [9.17, 15) is 19.2 Å². The lowest BCUT2D eigenvalue weighted by atomic mass is 10.1. The zero-order chi connectivity index (χ0) is 31.4. The smallest absolute Gasteiger partial charge is 0.253 e. The Morgan fingerprint density at radius 3 is 0.773 bits per heavy atom. The Morgan fingerprint density at radius 2 is 0.568 bits per heavy atom. The van der Waals surface area contributed by atoms with E-state index in [1.54, 1.807) is 96.3 Å². The second-order valence-electron chi connectivity index (χ2n) is 11.4. The number of carbonyl (C=O) groups excluding carboxylic acids is 4. The molecule has 4 aliphatic rings. The van der Waals surface area contributed by atoms with Crippen LogP contribution < -0.4 is 0 Å². The molecule has 4 aromatic rings. The molecule has 0 aromatic heterocycles. The monoisotopic (exact) mass is 588 g/mol. The van der Waals surface area contributed by atoms with Crippen molar-refractivity contribution in [2.75, 3.05) is 28.2 Å². The van der Waals surface area contributed by atoms with Gasteiger partial charge in [-0.15, -0.1) is 0 Å². The van der Waals surface area contributed by atoms with Crippen LogP contribution in [0.1, 0.15) is 63.7 Å². The lowest BCUT2D eigenvalue weighted by Crippen LogP contribution is -2.29. The summed E-state index contributed by atoms with van der Waals surface area (Å²) in [6.07, 6.45) is 0. The predicted octanol–water partition coefficient (Wildman–Crippen LogP) is 5.09. The maximum absolute atomic E-state index is 13.3. The first-order valence-corrected chi connectivity index (χ1v) is 14.5. The molecule has 0 fully saturated rings. The van der Waals surface area contributed by atoms with Crippen LogP contribution in [0.3, 0.4) is 0 Å². The van der Waals surface area contributed by atoms with Gasteiger partial charge in [-0.2, -0.15) is 0 Å². The second kappa shape index (κ2) is 13.0. The minimum Gasteiger partial charge on any atom is -0.337 e. The predicted molar refractivity (Wildman–Crippen MR) is 169 cm³/mol. The van der Waals surface area contributed by atoms with Crippen molar-refractivity contribution in [2.45, 2.75) is 26.2 Å². The highest BCUT2D eigenvalue weighted by Crippen LogP contribution is 2.18. The number of nitrogens with zero attached hydrogens (tertiary/aromatic N) is 4. The van der Waals surface area contributed by atoms with Crippen LogP contribution in [-0.4, -0.2) is 71.4 Å². The summed E-state index contributed by atoms with van der Waals surface area (Å²) in [6.45, 7) is 1.54. The summed E-state index contributed by atoms with van der Waals surface area (Å²) in [5.41, 5.74) is 5.52. The fourth-order valence-electron chi connectivity index (χ4n) is 5.33. The van der Waals surface area contributed by atoms with Gasteiger partial charge in [-0.3, -0.25) is 19.2 Å². The summed E-state index contributed by atoms with van der Waals surface area (Å²) in [4.78, 5) is 59.6. The molecular weight excluding hydrogens is 552 g/mol. The largest absolute Gasteiger partial charge is 0.337 e. The molecule has 0 atom stereocenters. The molecule has 8 heteroatoms. The molecule has 0 saturated carbocycles. The number of carbonyl (C=O) groups is 4. The third-order valence-electron chi connectivity index (χ3n) is 7.82. The molecule has 8 bridgehead atoms. The minimum absolute atomic E-state index is 0.181. The number of benzene rings is 4. The molecule has 0 spiro atoms. The van der Waals surface area contributed by atoms with E-state index >= 15 is 0 Å². The highest BCUT2D eigenvalue weighted by atomic mass is 16.2. The SMILES string of the molecule is CN1Cc2ccc(cc2)CN(C)C(=O)c2cccc(c2)C(=O)N(C)Cc2ccc(cc2)CN(C)C(=O)c2cccc(c2)C1=O. The highest BCUT2D eigenvalue weighted by molar-refractivity contribution is 6.00. The topological polar surface area (TPSA) is 81.2 Å².